The number of hydrogen-bond acceptors (Lipinski definition) is 8. The van der Waals surface area contributed by atoms with E-state index in [9.17, 15) is 9.59 Å². The molecule has 2 aromatic heterocycles. The molecule has 11 nitrogen and oxygen atoms in total. The van der Waals surface area contributed by atoms with Crippen molar-refractivity contribution in [3.8, 4) is 0 Å². The van der Waals surface area contributed by atoms with Crippen LogP contribution in [-0.4, -0.2) is 39.8 Å². The summed E-state index contributed by atoms with van der Waals surface area (Å²) >= 11 is 0. The molecule has 0 radical (unpaired) electrons. The molecule has 1 saturated carbocycles. The van der Waals surface area contributed by atoms with Crippen molar-refractivity contribution < 1.29 is 14.3 Å². The number of aromatic nitrogens is 3. The van der Waals surface area contributed by atoms with Crippen molar-refractivity contribution in [2.75, 3.05) is 23.8 Å². The molecule has 1 unspecified atom stereocenters. The van der Waals surface area contributed by atoms with Gasteiger partial charge in [0.2, 0.25) is 5.91 Å². The Labute approximate surface area is 240 Å². The van der Waals surface area contributed by atoms with Gasteiger partial charge in [0, 0.05) is 24.4 Å². The fourth-order valence-corrected chi connectivity index (χ4v) is 5.61. The van der Waals surface area contributed by atoms with Crippen molar-refractivity contribution in [2.24, 2.45) is 16.4 Å². The average Bonchev–Trinajstić information content (AvgIpc) is 3.52. The van der Waals surface area contributed by atoms with Crippen molar-refractivity contribution in [1.82, 2.24) is 20.1 Å². The minimum absolute atomic E-state index is 0.0716. The number of nitrogens with zero attached hydrogens (tertiary/aromatic N) is 4. The van der Waals surface area contributed by atoms with E-state index in [1.165, 1.54) is 19.3 Å². The molecule has 0 spiro atoms. The Morgan fingerprint density at radius 2 is 2.10 bits per heavy atom. The first kappa shape index (κ1) is 28.4. The normalized spacial score (nSPS) is 21.0. The molecule has 4 N–H and O–H groups in total. The number of allylic oxidation sites excluding steroid dienone is 3. The van der Waals surface area contributed by atoms with Gasteiger partial charge >= 0.3 is 0 Å². The van der Waals surface area contributed by atoms with Crippen LogP contribution in [-0.2, 0) is 14.3 Å². The maximum atomic E-state index is 13.1. The summed E-state index contributed by atoms with van der Waals surface area (Å²) in [5.74, 6) is 0.0363. The van der Waals surface area contributed by atoms with Crippen LogP contribution in [0.1, 0.15) is 69.8 Å². The molecule has 4 heterocycles. The Hall–Kier alpha value is -4.12. The number of hydrogen-bond donors (Lipinski definition) is 4. The number of dihydropyridines is 1. The molecule has 0 aromatic carbocycles. The topological polar surface area (TPSA) is 146 Å². The summed E-state index contributed by atoms with van der Waals surface area (Å²) in [6.45, 7) is 7.73. The van der Waals surface area contributed by atoms with Gasteiger partial charge in [0.1, 0.15) is 0 Å². The molecule has 1 atom stereocenters. The fraction of sp³-hybridized carbons (Fsp3) is 0.467. The smallest absolute Gasteiger partial charge is 0.278 e. The van der Waals surface area contributed by atoms with Crippen LogP contribution in [0.2, 0.25) is 0 Å². The molecule has 41 heavy (non-hydrogen) atoms. The summed E-state index contributed by atoms with van der Waals surface area (Å²) in [5.41, 5.74) is 11.4. The summed E-state index contributed by atoms with van der Waals surface area (Å²) in [6, 6.07) is 3.86. The van der Waals surface area contributed by atoms with E-state index in [-0.39, 0.29) is 17.6 Å². The maximum absolute atomic E-state index is 13.1. The summed E-state index contributed by atoms with van der Waals surface area (Å²) in [4.78, 5) is 30.0. The Morgan fingerprint density at radius 3 is 2.76 bits per heavy atom. The van der Waals surface area contributed by atoms with Crippen LogP contribution in [0.5, 0.6) is 0 Å². The van der Waals surface area contributed by atoms with Crippen LogP contribution in [0, 0.1) is 23.8 Å². The number of nitrogens with one attached hydrogen (secondary N) is 4. The SMILES string of the molecule is Cc1ncc(NC(=O)CCCC2CCCC2(C)C)cc1NC(=O)/C(N=N)=C1\C=CC(c2ccn(C3COC3)n2)=CN1. The van der Waals surface area contributed by atoms with E-state index in [0.717, 1.165) is 24.1 Å². The van der Waals surface area contributed by atoms with Gasteiger partial charge in [-0.15, -0.1) is 0 Å². The Balaban J connectivity index is 1.18. The molecular formula is C30H38N8O3. The van der Waals surface area contributed by atoms with Gasteiger partial charge < -0.3 is 20.7 Å². The van der Waals surface area contributed by atoms with E-state index in [2.05, 4.69) is 45.0 Å². The first-order valence-corrected chi connectivity index (χ1v) is 14.2. The number of carbonyl (C=O) groups is 2. The lowest BCUT2D eigenvalue weighted by Gasteiger charge is -2.26. The van der Waals surface area contributed by atoms with Gasteiger partial charge in [-0.1, -0.05) is 20.3 Å². The second kappa shape index (κ2) is 12.2. The highest BCUT2D eigenvalue weighted by atomic mass is 16.5. The lowest BCUT2D eigenvalue weighted by atomic mass is 9.79. The number of aryl methyl sites for hydroxylation is 1. The molecule has 216 valence electrons. The molecule has 2 amide bonds. The van der Waals surface area contributed by atoms with Gasteiger partial charge in [-0.3, -0.25) is 19.3 Å². The van der Waals surface area contributed by atoms with E-state index < -0.39 is 5.91 Å². The van der Waals surface area contributed by atoms with E-state index in [1.807, 2.05) is 23.0 Å². The first-order chi connectivity index (χ1) is 19.7. The lowest BCUT2D eigenvalue weighted by molar-refractivity contribution is -0.116. The van der Waals surface area contributed by atoms with Crippen LogP contribution < -0.4 is 16.0 Å². The van der Waals surface area contributed by atoms with Gasteiger partial charge in [0.25, 0.3) is 5.91 Å². The van der Waals surface area contributed by atoms with Crippen molar-refractivity contribution in [3.05, 3.63) is 65.7 Å². The summed E-state index contributed by atoms with van der Waals surface area (Å²) in [6.07, 6.45) is 14.9. The molecule has 3 aliphatic rings. The quantitative estimate of drug-likeness (QED) is 0.224. The van der Waals surface area contributed by atoms with Crippen LogP contribution in [0.3, 0.4) is 0 Å². The summed E-state index contributed by atoms with van der Waals surface area (Å²) < 4.78 is 7.12. The van der Waals surface area contributed by atoms with E-state index >= 15 is 0 Å². The van der Waals surface area contributed by atoms with E-state index in [4.69, 9.17) is 10.3 Å². The number of pyridine rings is 1. The van der Waals surface area contributed by atoms with Crippen LogP contribution in [0.25, 0.3) is 5.57 Å². The van der Waals surface area contributed by atoms with Crippen molar-refractivity contribution in [3.63, 3.8) is 0 Å². The Kier molecular flexibility index (Phi) is 8.44. The number of amides is 2. The van der Waals surface area contributed by atoms with Crippen LogP contribution in [0.15, 0.2) is 59.4 Å². The predicted octanol–water partition coefficient (Wildman–Crippen LogP) is 5.47. The molecule has 11 heteroatoms. The zero-order valence-corrected chi connectivity index (χ0v) is 23.9. The number of rotatable bonds is 10. The molecule has 1 aliphatic carbocycles. The first-order valence-electron chi connectivity index (χ1n) is 14.2. The van der Waals surface area contributed by atoms with Gasteiger partial charge in [0.05, 0.1) is 53.9 Å². The fourth-order valence-electron chi connectivity index (χ4n) is 5.61. The zero-order valence-electron chi connectivity index (χ0n) is 23.9. The minimum Gasteiger partial charge on any atom is -0.377 e. The van der Waals surface area contributed by atoms with Crippen LogP contribution in [0.4, 0.5) is 11.4 Å². The predicted molar refractivity (Wildman–Crippen MR) is 156 cm³/mol. The third-order valence-corrected chi connectivity index (χ3v) is 8.35. The lowest BCUT2D eigenvalue weighted by Crippen LogP contribution is -2.31. The number of ether oxygens (including phenoxy) is 1. The molecule has 2 fully saturated rings. The van der Waals surface area contributed by atoms with E-state index in [0.29, 0.717) is 53.7 Å². The largest absolute Gasteiger partial charge is 0.377 e. The third-order valence-electron chi connectivity index (χ3n) is 8.35. The standard InChI is InChI=1S/C30H38N8O3/c1-19-26(14-22(16-32-19)34-27(39)8-4-6-21-7-5-12-30(21,2)3)35-29(40)28(36-31)25-10-9-20(15-33-25)24-11-13-38(37-24)23-17-41-18-23/h9-11,13-16,21,23,31,33H,4-8,12,17-18H2,1-3H3,(H,34,39)(H,35,40)/b28-25-,36-31?. The van der Waals surface area contributed by atoms with Crippen molar-refractivity contribution in [2.45, 2.75) is 65.3 Å². The highest BCUT2D eigenvalue weighted by Crippen LogP contribution is 2.45. The highest BCUT2D eigenvalue weighted by molar-refractivity contribution is 6.05. The molecule has 5 rings (SSSR count). The molecule has 1 saturated heterocycles. The molecular weight excluding hydrogens is 520 g/mol. The molecule has 2 aromatic rings. The number of anilines is 2. The van der Waals surface area contributed by atoms with Crippen molar-refractivity contribution in [1.29, 1.82) is 5.53 Å². The molecule has 2 aliphatic heterocycles. The van der Waals surface area contributed by atoms with Gasteiger partial charge in [-0.2, -0.15) is 10.2 Å². The summed E-state index contributed by atoms with van der Waals surface area (Å²) in [7, 11) is 0. The third kappa shape index (κ3) is 6.62. The van der Waals surface area contributed by atoms with Crippen molar-refractivity contribution >= 4 is 28.8 Å². The second-order valence-electron chi connectivity index (χ2n) is 11.7. The van der Waals surface area contributed by atoms with Gasteiger partial charge in [-0.25, -0.2) is 5.53 Å². The molecule has 0 bridgehead atoms. The highest BCUT2D eigenvalue weighted by Gasteiger charge is 2.33. The Bertz CT molecular complexity index is 1420. The van der Waals surface area contributed by atoms with Gasteiger partial charge in [-0.05, 0) is 68.2 Å². The summed E-state index contributed by atoms with van der Waals surface area (Å²) in [5, 5.41) is 16.8. The van der Waals surface area contributed by atoms with Crippen LogP contribution >= 0.6 is 0 Å². The maximum Gasteiger partial charge on any atom is 0.278 e. The van der Waals surface area contributed by atoms with Gasteiger partial charge in [0.15, 0.2) is 5.70 Å². The monoisotopic (exact) mass is 558 g/mol. The van der Waals surface area contributed by atoms with E-state index in [1.54, 1.807) is 31.5 Å². The number of carbonyl (C=O) groups excluding carboxylic acids is 2. The Morgan fingerprint density at radius 1 is 1.27 bits per heavy atom. The second-order valence-corrected chi connectivity index (χ2v) is 11.7. The average molecular weight is 559 g/mol. The minimum atomic E-state index is -0.564. The zero-order chi connectivity index (χ0) is 29.0.